The first-order valence-corrected chi connectivity index (χ1v) is 7.81. The van der Waals surface area contributed by atoms with Crippen LogP contribution in [0.25, 0.3) is 0 Å². The van der Waals surface area contributed by atoms with Crippen molar-refractivity contribution in [3.63, 3.8) is 0 Å². The number of nitrogens with zero attached hydrogens (tertiary/aromatic N) is 1. The molecule has 1 aromatic carbocycles. The van der Waals surface area contributed by atoms with Crippen molar-refractivity contribution in [2.75, 3.05) is 11.9 Å². The van der Waals surface area contributed by atoms with Gasteiger partial charge in [-0.25, -0.2) is 0 Å². The highest BCUT2D eigenvalue weighted by atomic mass is 35.5. The highest BCUT2D eigenvalue weighted by Gasteiger charge is 2.23. The molecule has 5 heteroatoms. The lowest BCUT2D eigenvalue weighted by atomic mass is 10.0. The second-order valence-corrected chi connectivity index (χ2v) is 6.04. The number of hydrogen-bond donors (Lipinski definition) is 1. The molecule has 1 atom stereocenters. The Morgan fingerprint density at radius 3 is 2.95 bits per heavy atom. The molecular formula is C14H18Cl2N2S. The van der Waals surface area contributed by atoms with Crippen molar-refractivity contribution < 1.29 is 0 Å². The summed E-state index contributed by atoms with van der Waals surface area (Å²) in [5.74, 6) is 0. The molecule has 0 bridgehead atoms. The van der Waals surface area contributed by atoms with Crippen molar-refractivity contribution >= 4 is 46.2 Å². The molecule has 0 aliphatic carbocycles. The summed E-state index contributed by atoms with van der Waals surface area (Å²) < 4.78 is 0. The minimum absolute atomic E-state index is 0.534. The first-order valence-electron chi connectivity index (χ1n) is 6.64. The lowest BCUT2D eigenvalue weighted by Gasteiger charge is -2.37. The Bertz CT molecular complexity index is 465. The van der Waals surface area contributed by atoms with Crippen LogP contribution in [0.2, 0.25) is 10.0 Å². The van der Waals surface area contributed by atoms with Crippen LogP contribution in [0.15, 0.2) is 18.2 Å². The molecule has 1 aliphatic rings. The molecule has 1 unspecified atom stereocenters. The summed E-state index contributed by atoms with van der Waals surface area (Å²) in [6, 6.07) is 5.89. The quantitative estimate of drug-likeness (QED) is 0.777. The van der Waals surface area contributed by atoms with E-state index in [2.05, 4.69) is 17.1 Å². The van der Waals surface area contributed by atoms with E-state index in [0.29, 0.717) is 16.1 Å². The van der Waals surface area contributed by atoms with Crippen molar-refractivity contribution in [2.45, 2.75) is 38.6 Å². The normalized spacial score (nSPS) is 19.3. The average Bonchev–Trinajstić information content (AvgIpc) is 2.42. The highest BCUT2D eigenvalue weighted by molar-refractivity contribution is 7.80. The van der Waals surface area contributed by atoms with Crippen LogP contribution in [0.4, 0.5) is 5.69 Å². The fourth-order valence-corrected chi connectivity index (χ4v) is 3.16. The monoisotopic (exact) mass is 316 g/mol. The van der Waals surface area contributed by atoms with Crippen LogP contribution in [-0.2, 0) is 0 Å². The Hall–Kier alpha value is -0.510. The number of halogens is 2. The van der Waals surface area contributed by atoms with Gasteiger partial charge in [0, 0.05) is 17.6 Å². The number of thiocarbonyl (C=S) groups is 1. The number of rotatable bonds is 2. The van der Waals surface area contributed by atoms with Crippen LogP contribution < -0.4 is 5.32 Å². The summed E-state index contributed by atoms with van der Waals surface area (Å²) in [4.78, 5) is 2.27. The van der Waals surface area contributed by atoms with Gasteiger partial charge in [0.15, 0.2) is 5.11 Å². The average molecular weight is 317 g/mol. The molecule has 2 rings (SSSR count). The van der Waals surface area contributed by atoms with Gasteiger partial charge in [0.1, 0.15) is 0 Å². The van der Waals surface area contributed by atoms with E-state index in [0.717, 1.165) is 23.8 Å². The third-order valence-electron chi connectivity index (χ3n) is 3.53. The molecule has 1 N–H and O–H groups in total. The molecule has 0 spiro atoms. The van der Waals surface area contributed by atoms with E-state index >= 15 is 0 Å². The number of benzene rings is 1. The summed E-state index contributed by atoms with van der Waals surface area (Å²) in [5, 5.41) is 5.26. The third-order valence-corrected chi connectivity index (χ3v) is 4.43. The lowest BCUT2D eigenvalue weighted by Crippen LogP contribution is -2.45. The molecule has 1 aromatic rings. The SMILES string of the molecule is CCC1CCCCN1C(=S)Nc1cc(Cl)ccc1Cl. The second-order valence-electron chi connectivity index (χ2n) is 4.81. The minimum atomic E-state index is 0.534. The van der Waals surface area contributed by atoms with Crippen molar-refractivity contribution in [3.05, 3.63) is 28.2 Å². The molecule has 1 aliphatic heterocycles. The van der Waals surface area contributed by atoms with Crippen LogP contribution in [0, 0.1) is 0 Å². The molecule has 1 heterocycles. The summed E-state index contributed by atoms with van der Waals surface area (Å²) in [6.45, 7) is 3.22. The topological polar surface area (TPSA) is 15.3 Å². The molecule has 2 nitrogen and oxygen atoms in total. The predicted molar refractivity (Wildman–Crippen MR) is 87.3 cm³/mol. The van der Waals surface area contributed by atoms with Gasteiger partial charge in [0.2, 0.25) is 0 Å². The van der Waals surface area contributed by atoms with E-state index in [-0.39, 0.29) is 0 Å². The first kappa shape index (κ1) is 14.9. The van der Waals surface area contributed by atoms with Gasteiger partial charge in [-0.15, -0.1) is 0 Å². The van der Waals surface area contributed by atoms with Crippen LogP contribution in [0.1, 0.15) is 32.6 Å². The smallest absolute Gasteiger partial charge is 0.173 e. The van der Waals surface area contributed by atoms with E-state index in [1.54, 1.807) is 18.2 Å². The molecule has 0 radical (unpaired) electrons. The van der Waals surface area contributed by atoms with E-state index in [4.69, 9.17) is 35.4 Å². The highest BCUT2D eigenvalue weighted by Crippen LogP contribution is 2.27. The van der Waals surface area contributed by atoms with Gasteiger partial charge in [-0.05, 0) is 56.1 Å². The van der Waals surface area contributed by atoms with Crippen LogP contribution in [0.3, 0.4) is 0 Å². The molecule has 1 saturated heterocycles. The molecule has 0 saturated carbocycles. The molecule has 0 amide bonds. The van der Waals surface area contributed by atoms with Gasteiger partial charge in [-0.1, -0.05) is 30.1 Å². The van der Waals surface area contributed by atoms with Gasteiger partial charge >= 0.3 is 0 Å². The zero-order valence-electron chi connectivity index (χ0n) is 11.0. The Morgan fingerprint density at radius 1 is 1.42 bits per heavy atom. The number of likely N-dealkylation sites (tertiary alicyclic amines) is 1. The van der Waals surface area contributed by atoms with Gasteiger partial charge < -0.3 is 10.2 Å². The fourth-order valence-electron chi connectivity index (χ4n) is 2.47. The summed E-state index contributed by atoms with van der Waals surface area (Å²) in [5.41, 5.74) is 0.777. The summed E-state index contributed by atoms with van der Waals surface area (Å²) in [7, 11) is 0. The first-order chi connectivity index (χ1) is 9.11. The largest absolute Gasteiger partial charge is 0.346 e. The van der Waals surface area contributed by atoms with Crippen molar-refractivity contribution in [1.29, 1.82) is 0 Å². The number of nitrogens with one attached hydrogen (secondary N) is 1. The van der Waals surface area contributed by atoms with Crippen molar-refractivity contribution in [1.82, 2.24) is 4.90 Å². The number of anilines is 1. The zero-order valence-corrected chi connectivity index (χ0v) is 13.3. The number of piperidine rings is 1. The van der Waals surface area contributed by atoms with Crippen molar-refractivity contribution in [3.8, 4) is 0 Å². The van der Waals surface area contributed by atoms with Gasteiger partial charge in [-0.2, -0.15) is 0 Å². The van der Waals surface area contributed by atoms with Gasteiger partial charge in [-0.3, -0.25) is 0 Å². The maximum atomic E-state index is 6.15. The molecule has 0 aromatic heterocycles. The van der Waals surface area contributed by atoms with E-state index in [1.165, 1.54) is 19.3 Å². The molecule has 19 heavy (non-hydrogen) atoms. The Labute approximate surface area is 130 Å². The lowest BCUT2D eigenvalue weighted by molar-refractivity contribution is 0.239. The molecular weight excluding hydrogens is 299 g/mol. The maximum absolute atomic E-state index is 6.15. The van der Waals surface area contributed by atoms with Gasteiger partial charge in [0.25, 0.3) is 0 Å². The van der Waals surface area contributed by atoms with Crippen LogP contribution in [0.5, 0.6) is 0 Å². The summed E-state index contributed by atoms with van der Waals surface area (Å²) >= 11 is 17.7. The fraction of sp³-hybridized carbons (Fsp3) is 0.500. The van der Waals surface area contributed by atoms with Crippen LogP contribution in [-0.4, -0.2) is 22.6 Å². The zero-order chi connectivity index (χ0) is 13.8. The van der Waals surface area contributed by atoms with E-state index < -0.39 is 0 Å². The minimum Gasteiger partial charge on any atom is -0.346 e. The van der Waals surface area contributed by atoms with E-state index in [1.807, 2.05) is 0 Å². The third kappa shape index (κ3) is 3.74. The second kappa shape index (κ2) is 6.78. The van der Waals surface area contributed by atoms with E-state index in [9.17, 15) is 0 Å². The Morgan fingerprint density at radius 2 is 2.21 bits per heavy atom. The number of hydrogen-bond acceptors (Lipinski definition) is 1. The predicted octanol–water partition coefficient (Wildman–Crippen LogP) is 4.95. The van der Waals surface area contributed by atoms with Gasteiger partial charge in [0.05, 0.1) is 10.7 Å². The Kier molecular flexibility index (Phi) is 5.31. The summed E-state index contributed by atoms with van der Waals surface area (Å²) in [6.07, 6.45) is 4.81. The standard InChI is InChI=1S/C14H18Cl2N2S/c1-2-11-5-3-4-8-18(11)14(19)17-13-9-10(15)6-7-12(13)16/h6-7,9,11H,2-5,8H2,1H3,(H,17,19). The van der Waals surface area contributed by atoms with Crippen molar-refractivity contribution in [2.24, 2.45) is 0 Å². The Balaban J connectivity index is 2.09. The molecule has 1 fully saturated rings. The molecule has 104 valence electrons. The van der Waals surface area contributed by atoms with Crippen LogP contribution >= 0.6 is 35.4 Å². The maximum Gasteiger partial charge on any atom is 0.173 e.